The van der Waals surface area contributed by atoms with Crippen LogP contribution in [-0.2, 0) is 21.4 Å². The lowest BCUT2D eigenvalue weighted by molar-refractivity contribution is -0.146. The number of hydrogen-bond acceptors (Lipinski definition) is 2. The SMILES string of the molecule is CC(C)N1CCN(C(=O)CCc2ccc(C(C)(C)C)cc2)CC1=O. The van der Waals surface area contributed by atoms with Crippen molar-refractivity contribution in [3.05, 3.63) is 35.4 Å². The van der Waals surface area contributed by atoms with Gasteiger partial charge in [0, 0.05) is 25.6 Å². The number of aryl methyl sites for hydroxylation is 1. The molecular formula is C20H30N2O2. The number of piperazine rings is 1. The van der Waals surface area contributed by atoms with E-state index >= 15 is 0 Å². The van der Waals surface area contributed by atoms with Gasteiger partial charge in [0.2, 0.25) is 11.8 Å². The standard InChI is InChI=1S/C20H30N2O2/c1-15(2)22-13-12-21(14-19(22)24)18(23)11-8-16-6-9-17(10-7-16)20(3,4)5/h6-7,9-10,15H,8,11-14H2,1-5H3. The van der Waals surface area contributed by atoms with Crippen LogP contribution in [0.1, 0.15) is 52.2 Å². The van der Waals surface area contributed by atoms with E-state index in [0.717, 1.165) is 6.42 Å². The third-order valence-electron chi connectivity index (χ3n) is 4.68. The highest BCUT2D eigenvalue weighted by Gasteiger charge is 2.28. The van der Waals surface area contributed by atoms with E-state index in [1.807, 2.05) is 18.7 Å². The van der Waals surface area contributed by atoms with E-state index in [4.69, 9.17) is 0 Å². The highest BCUT2D eigenvalue weighted by Crippen LogP contribution is 2.22. The quantitative estimate of drug-likeness (QED) is 0.851. The van der Waals surface area contributed by atoms with Crippen molar-refractivity contribution in [2.75, 3.05) is 19.6 Å². The number of hydrogen-bond donors (Lipinski definition) is 0. The Morgan fingerprint density at radius 2 is 1.75 bits per heavy atom. The van der Waals surface area contributed by atoms with Crippen LogP contribution in [-0.4, -0.2) is 47.3 Å². The van der Waals surface area contributed by atoms with Gasteiger partial charge in [-0.15, -0.1) is 0 Å². The lowest BCUT2D eigenvalue weighted by atomic mass is 9.86. The maximum Gasteiger partial charge on any atom is 0.242 e. The van der Waals surface area contributed by atoms with Crippen LogP contribution < -0.4 is 0 Å². The molecule has 0 spiro atoms. The fourth-order valence-electron chi connectivity index (χ4n) is 3.03. The lowest BCUT2D eigenvalue weighted by Gasteiger charge is -2.36. The fourth-order valence-corrected chi connectivity index (χ4v) is 3.03. The fraction of sp³-hybridized carbons (Fsp3) is 0.600. The molecule has 1 aliphatic rings. The van der Waals surface area contributed by atoms with E-state index in [1.165, 1.54) is 11.1 Å². The van der Waals surface area contributed by atoms with Crippen LogP contribution in [0.4, 0.5) is 0 Å². The van der Waals surface area contributed by atoms with Gasteiger partial charge in [-0.2, -0.15) is 0 Å². The summed E-state index contributed by atoms with van der Waals surface area (Å²) in [7, 11) is 0. The first-order valence-electron chi connectivity index (χ1n) is 8.85. The number of benzene rings is 1. The van der Waals surface area contributed by atoms with Gasteiger partial charge >= 0.3 is 0 Å². The average molecular weight is 330 g/mol. The van der Waals surface area contributed by atoms with Crippen molar-refractivity contribution in [1.29, 1.82) is 0 Å². The summed E-state index contributed by atoms with van der Waals surface area (Å²) in [6.45, 7) is 12.1. The minimum atomic E-state index is 0.0548. The second-order valence-electron chi connectivity index (χ2n) is 7.94. The molecule has 0 aromatic heterocycles. The Kier molecular flexibility index (Phi) is 5.68. The van der Waals surface area contributed by atoms with Gasteiger partial charge in [-0.1, -0.05) is 45.0 Å². The second-order valence-corrected chi connectivity index (χ2v) is 7.94. The smallest absolute Gasteiger partial charge is 0.242 e. The number of carbonyl (C=O) groups excluding carboxylic acids is 2. The maximum atomic E-state index is 12.4. The van der Waals surface area contributed by atoms with Crippen molar-refractivity contribution in [3.63, 3.8) is 0 Å². The number of carbonyl (C=O) groups is 2. The van der Waals surface area contributed by atoms with Crippen molar-refractivity contribution in [1.82, 2.24) is 9.80 Å². The molecule has 1 heterocycles. The van der Waals surface area contributed by atoms with E-state index in [9.17, 15) is 9.59 Å². The summed E-state index contributed by atoms with van der Waals surface area (Å²) in [4.78, 5) is 28.0. The largest absolute Gasteiger partial charge is 0.337 e. The van der Waals surface area contributed by atoms with Crippen molar-refractivity contribution in [3.8, 4) is 0 Å². The van der Waals surface area contributed by atoms with Crippen LogP contribution >= 0.6 is 0 Å². The minimum absolute atomic E-state index is 0.0548. The summed E-state index contributed by atoms with van der Waals surface area (Å²) in [6, 6.07) is 8.71. The van der Waals surface area contributed by atoms with Crippen LogP contribution in [0.5, 0.6) is 0 Å². The molecule has 1 aromatic rings. The molecule has 0 radical (unpaired) electrons. The predicted octanol–water partition coefficient (Wildman–Crippen LogP) is 3.00. The molecule has 1 saturated heterocycles. The Labute approximate surface area is 145 Å². The van der Waals surface area contributed by atoms with E-state index in [1.54, 1.807) is 4.90 Å². The first-order valence-corrected chi connectivity index (χ1v) is 8.85. The molecule has 132 valence electrons. The Balaban J connectivity index is 1.86. The minimum Gasteiger partial charge on any atom is -0.337 e. The zero-order valence-corrected chi connectivity index (χ0v) is 15.6. The van der Waals surface area contributed by atoms with Gasteiger partial charge in [-0.05, 0) is 36.8 Å². The van der Waals surface area contributed by atoms with Gasteiger partial charge in [0.15, 0.2) is 0 Å². The van der Waals surface area contributed by atoms with Gasteiger partial charge in [0.05, 0.1) is 6.54 Å². The molecular weight excluding hydrogens is 300 g/mol. The molecule has 0 bridgehead atoms. The monoisotopic (exact) mass is 330 g/mol. The maximum absolute atomic E-state index is 12.4. The Hall–Kier alpha value is -1.84. The molecule has 4 nitrogen and oxygen atoms in total. The molecule has 1 aliphatic heterocycles. The third-order valence-corrected chi connectivity index (χ3v) is 4.68. The normalized spacial score (nSPS) is 16.0. The molecule has 1 aromatic carbocycles. The summed E-state index contributed by atoms with van der Waals surface area (Å²) in [5.41, 5.74) is 2.61. The topological polar surface area (TPSA) is 40.6 Å². The predicted molar refractivity (Wildman–Crippen MR) is 96.9 cm³/mol. The molecule has 2 rings (SSSR count). The third kappa shape index (κ3) is 4.59. The zero-order chi connectivity index (χ0) is 17.9. The van der Waals surface area contributed by atoms with Gasteiger partial charge < -0.3 is 9.80 Å². The zero-order valence-electron chi connectivity index (χ0n) is 15.6. The molecule has 0 unspecified atom stereocenters. The van der Waals surface area contributed by atoms with E-state index in [-0.39, 0.29) is 29.8 Å². The second kappa shape index (κ2) is 7.37. The Bertz CT molecular complexity index is 585. The first-order chi connectivity index (χ1) is 11.2. The van der Waals surface area contributed by atoms with Gasteiger partial charge in [-0.25, -0.2) is 0 Å². The summed E-state index contributed by atoms with van der Waals surface area (Å²) < 4.78 is 0. The van der Waals surface area contributed by atoms with Crippen LogP contribution in [0, 0.1) is 0 Å². The molecule has 0 aliphatic carbocycles. The first kappa shape index (κ1) is 18.5. The average Bonchev–Trinajstić information content (AvgIpc) is 2.51. The highest BCUT2D eigenvalue weighted by molar-refractivity contribution is 5.86. The number of rotatable bonds is 4. The van der Waals surface area contributed by atoms with Crippen molar-refractivity contribution in [2.45, 2.75) is 58.9 Å². The summed E-state index contributed by atoms with van der Waals surface area (Å²) in [6.07, 6.45) is 1.19. The Morgan fingerprint density at radius 1 is 1.12 bits per heavy atom. The van der Waals surface area contributed by atoms with E-state index < -0.39 is 0 Å². The lowest BCUT2D eigenvalue weighted by Crippen LogP contribution is -2.54. The van der Waals surface area contributed by atoms with Crippen LogP contribution in [0.15, 0.2) is 24.3 Å². The molecule has 0 atom stereocenters. The van der Waals surface area contributed by atoms with E-state index in [0.29, 0.717) is 19.5 Å². The summed E-state index contributed by atoms with van der Waals surface area (Å²) in [5, 5.41) is 0. The molecule has 0 saturated carbocycles. The van der Waals surface area contributed by atoms with Crippen molar-refractivity contribution in [2.24, 2.45) is 0 Å². The summed E-state index contributed by atoms with van der Waals surface area (Å²) >= 11 is 0. The van der Waals surface area contributed by atoms with Crippen molar-refractivity contribution < 1.29 is 9.59 Å². The molecule has 24 heavy (non-hydrogen) atoms. The van der Waals surface area contributed by atoms with Crippen LogP contribution in [0.25, 0.3) is 0 Å². The molecule has 0 N–H and O–H groups in total. The molecule has 1 fully saturated rings. The summed E-state index contributed by atoms with van der Waals surface area (Å²) in [5.74, 6) is 0.130. The molecule has 4 heteroatoms. The van der Waals surface area contributed by atoms with Gasteiger partial charge in [-0.3, -0.25) is 9.59 Å². The van der Waals surface area contributed by atoms with Crippen molar-refractivity contribution >= 4 is 11.8 Å². The van der Waals surface area contributed by atoms with Crippen LogP contribution in [0.3, 0.4) is 0 Å². The van der Waals surface area contributed by atoms with E-state index in [2.05, 4.69) is 45.0 Å². The van der Waals surface area contributed by atoms with Crippen LogP contribution in [0.2, 0.25) is 0 Å². The van der Waals surface area contributed by atoms with Gasteiger partial charge in [0.25, 0.3) is 0 Å². The van der Waals surface area contributed by atoms with Gasteiger partial charge in [0.1, 0.15) is 0 Å². The Morgan fingerprint density at radius 3 is 2.25 bits per heavy atom. The molecule has 2 amide bonds. The highest BCUT2D eigenvalue weighted by atomic mass is 16.2. The number of nitrogens with zero attached hydrogens (tertiary/aromatic N) is 2. The number of amides is 2.